The number of hydrogen-bond acceptors (Lipinski definition) is 3. The van der Waals surface area contributed by atoms with Gasteiger partial charge in [0.15, 0.2) is 0 Å². The average Bonchev–Trinajstić information content (AvgIpc) is 2.19. The Kier molecular flexibility index (Phi) is 3.67. The number of rotatable bonds is 3. The number of ether oxygens (including phenoxy) is 1. The second-order valence-electron chi connectivity index (χ2n) is 4.27. The highest BCUT2D eigenvalue weighted by Gasteiger charge is 2.35. The Hall–Kier alpha value is -0.860. The van der Waals surface area contributed by atoms with E-state index in [1.165, 1.54) is 7.11 Å². The first-order chi connectivity index (χ1) is 6.58. The summed E-state index contributed by atoms with van der Waals surface area (Å²) in [7, 11) is 1.38. The molecule has 80 valence electrons. The van der Waals surface area contributed by atoms with E-state index in [2.05, 4.69) is 4.74 Å². The molecule has 1 saturated carbocycles. The number of carbonyl (C=O) groups excluding carboxylic acids is 2. The number of esters is 1. The van der Waals surface area contributed by atoms with E-state index in [0.29, 0.717) is 25.0 Å². The first-order valence-electron chi connectivity index (χ1n) is 5.18. The number of Topliss-reactive ketones (excluding diaryl/α,β-unsaturated/α-hetero) is 1. The highest BCUT2D eigenvalue weighted by Crippen LogP contribution is 2.36. The van der Waals surface area contributed by atoms with Crippen molar-refractivity contribution < 1.29 is 14.3 Å². The van der Waals surface area contributed by atoms with Gasteiger partial charge in [-0.25, -0.2) is 0 Å². The number of hydrogen-bond donors (Lipinski definition) is 0. The molecule has 3 nitrogen and oxygen atoms in total. The van der Waals surface area contributed by atoms with Gasteiger partial charge in [-0.1, -0.05) is 13.3 Å². The monoisotopic (exact) mass is 198 g/mol. The molecular weight excluding hydrogens is 180 g/mol. The molecular formula is C11H18O3. The Morgan fingerprint density at radius 3 is 2.79 bits per heavy atom. The molecule has 0 aromatic rings. The first-order valence-corrected chi connectivity index (χ1v) is 5.18. The summed E-state index contributed by atoms with van der Waals surface area (Å²) < 4.78 is 4.57. The predicted molar refractivity (Wildman–Crippen MR) is 52.8 cm³/mol. The van der Waals surface area contributed by atoms with E-state index in [4.69, 9.17) is 0 Å². The Labute approximate surface area is 84.8 Å². The van der Waals surface area contributed by atoms with Crippen molar-refractivity contribution in [1.82, 2.24) is 0 Å². The molecule has 1 atom stereocenters. The van der Waals surface area contributed by atoms with Crippen molar-refractivity contribution in [3.8, 4) is 0 Å². The summed E-state index contributed by atoms with van der Waals surface area (Å²) in [6.07, 6.45) is 4.70. The van der Waals surface area contributed by atoms with Gasteiger partial charge >= 0.3 is 5.97 Å². The van der Waals surface area contributed by atoms with Gasteiger partial charge in [0, 0.05) is 18.3 Å². The molecule has 0 amide bonds. The fourth-order valence-electron chi connectivity index (χ4n) is 1.99. The van der Waals surface area contributed by atoms with Gasteiger partial charge in [-0.15, -0.1) is 0 Å². The lowest BCUT2D eigenvalue weighted by atomic mass is 9.72. The van der Waals surface area contributed by atoms with Crippen LogP contribution in [0.3, 0.4) is 0 Å². The van der Waals surface area contributed by atoms with Crippen molar-refractivity contribution in [3.05, 3.63) is 0 Å². The Balaban J connectivity index is 2.47. The van der Waals surface area contributed by atoms with Crippen LogP contribution in [0.25, 0.3) is 0 Å². The maximum atomic E-state index is 11.7. The zero-order valence-electron chi connectivity index (χ0n) is 8.97. The molecule has 14 heavy (non-hydrogen) atoms. The maximum absolute atomic E-state index is 11.7. The van der Waals surface area contributed by atoms with E-state index in [1.807, 2.05) is 6.92 Å². The SMILES string of the molecule is COC(=O)CC[C@]1(C)CCCCC1=O. The van der Waals surface area contributed by atoms with Crippen molar-refractivity contribution in [2.24, 2.45) is 5.41 Å². The molecule has 1 aliphatic rings. The Bertz CT molecular complexity index is 235. The van der Waals surface area contributed by atoms with Gasteiger partial charge in [0.25, 0.3) is 0 Å². The minimum atomic E-state index is -0.271. The van der Waals surface area contributed by atoms with E-state index >= 15 is 0 Å². The molecule has 0 heterocycles. The average molecular weight is 198 g/mol. The second-order valence-corrected chi connectivity index (χ2v) is 4.27. The molecule has 1 fully saturated rings. The van der Waals surface area contributed by atoms with E-state index in [0.717, 1.165) is 19.3 Å². The van der Waals surface area contributed by atoms with Crippen LogP contribution in [0.15, 0.2) is 0 Å². The van der Waals surface area contributed by atoms with Gasteiger partial charge in [0.1, 0.15) is 5.78 Å². The maximum Gasteiger partial charge on any atom is 0.305 e. The molecule has 0 aromatic heterocycles. The summed E-state index contributed by atoms with van der Waals surface area (Å²) >= 11 is 0. The molecule has 0 radical (unpaired) electrons. The molecule has 0 unspecified atom stereocenters. The number of carbonyl (C=O) groups is 2. The highest BCUT2D eigenvalue weighted by atomic mass is 16.5. The molecule has 1 aliphatic carbocycles. The van der Waals surface area contributed by atoms with E-state index in [1.54, 1.807) is 0 Å². The summed E-state index contributed by atoms with van der Waals surface area (Å²) in [4.78, 5) is 22.6. The highest BCUT2D eigenvalue weighted by molar-refractivity contribution is 5.85. The third-order valence-corrected chi connectivity index (χ3v) is 3.16. The van der Waals surface area contributed by atoms with Crippen LogP contribution in [-0.4, -0.2) is 18.9 Å². The Morgan fingerprint density at radius 2 is 2.21 bits per heavy atom. The predicted octanol–water partition coefficient (Wildman–Crippen LogP) is 2.09. The van der Waals surface area contributed by atoms with Crippen molar-refractivity contribution >= 4 is 11.8 Å². The molecule has 0 aromatic carbocycles. The van der Waals surface area contributed by atoms with Gasteiger partial charge in [-0.05, 0) is 19.3 Å². The van der Waals surface area contributed by atoms with E-state index < -0.39 is 0 Å². The second kappa shape index (κ2) is 4.58. The van der Waals surface area contributed by atoms with Crippen LogP contribution >= 0.6 is 0 Å². The fourth-order valence-corrected chi connectivity index (χ4v) is 1.99. The molecule has 1 rings (SSSR count). The van der Waals surface area contributed by atoms with Gasteiger partial charge in [0.2, 0.25) is 0 Å². The van der Waals surface area contributed by atoms with Crippen LogP contribution in [0.2, 0.25) is 0 Å². The van der Waals surface area contributed by atoms with Gasteiger partial charge in [-0.2, -0.15) is 0 Å². The molecule has 0 aliphatic heterocycles. The van der Waals surface area contributed by atoms with Crippen LogP contribution < -0.4 is 0 Å². The zero-order valence-corrected chi connectivity index (χ0v) is 8.97. The van der Waals surface area contributed by atoms with Crippen LogP contribution in [-0.2, 0) is 14.3 Å². The van der Waals surface area contributed by atoms with Gasteiger partial charge in [0.05, 0.1) is 7.11 Å². The van der Waals surface area contributed by atoms with Gasteiger partial charge in [-0.3, -0.25) is 9.59 Å². The van der Waals surface area contributed by atoms with Crippen molar-refractivity contribution in [2.45, 2.75) is 45.4 Å². The fraction of sp³-hybridized carbons (Fsp3) is 0.818. The topological polar surface area (TPSA) is 43.4 Å². The lowest BCUT2D eigenvalue weighted by molar-refractivity contribution is -0.142. The molecule has 0 N–H and O–H groups in total. The van der Waals surface area contributed by atoms with E-state index in [9.17, 15) is 9.59 Å². The lowest BCUT2D eigenvalue weighted by Gasteiger charge is -2.31. The van der Waals surface area contributed by atoms with Crippen molar-refractivity contribution in [1.29, 1.82) is 0 Å². The number of ketones is 1. The lowest BCUT2D eigenvalue weighted by Crippen LogP contribution is -2.31. The Morgan fingerprint density at radius 1 is 1.50 bits per heavy atom. The van der Waals surface area contributed by atoms with Crippen LogP contribution in [0.1, 0.15) is 45.4 Å². The molecule has 0 bridgehead atoms. The largest absolute Gasteiger partial charge is 0.469 e. The minimum absolute atomic E-state index is 0.218. The molecule has 3 heteroatoms. The van der Waals surface area contributed by atoms with Crippen molar-refractivity contribution in [3.63, 3.8) is 0 Å². The third-order valence-electron chi connectivity index (χ3n) is 3.16. The quantitative estimate of drug-likeness (QED) is 0.652. The smallest absolute Gasteiger partial charge is 0.305 e. The summed E-state index contributed by atoms with van der Waals surface area (Å²) in [5.41, 5.74) is -0.271. The van der Waals surface area contributed by atoms with Crippen molar-refractivity contribution in [2.75, 3.05) is 7.11 Å². The normalized spacial score (nSPS) is 27.4. The number of methoxy groups -OCH3 is 1. The molecule has 0 spiro atoms. The summed E-state index contributed by atoms with van der Waals surface area (Å²) in [5, 5.41) is 0. The van der Waals surface area contributed by atoms with Gasteiger partial charge < -0.3 is 4.74 Å². The van der Waals surface area contributed by atoms with Crippen LogP contribution in [0, 0.1) is 5.41 Å². The third kappa shape index (κ3) is 2.56. The zero-order chi connectivity index (χ0) is 10.6. The summed E-state index contributed by atoms with van der Waals surface area (Å²) in [6.45, 7) is 1.97. The summed E-state index contributed by atoms with van der Waals surface area (Å²) in [5.74, 6) is 0.0947. The summed E-state index contributed by atoms with van der Waals surface area (Å²) in [6, 6.07) is 0. The minimum Gasteiger partial charge on any atom is -0.469 e. The standard InChI is InChI=1S/C11H18O3/c1-11(8-6-10(13)14-2)7-4-3-5-9(11)12/h3-8H2,1-2H3/t11-/m0/s1. The van der Waals surface area contributed by atoms with E-state index in [-0.39, 0.29) is 11.4 Å². The first kappa shape index (κ1) is 11.2. The van der Waals surface area contributed by atoms with Crippen LogP contribution in [0.5, 0.6) is 0 Å². The molecule has 0 saturated heterocycles. The van der Waals surface area contributed by atoms with Crippen LogP contribution in [0.4, 0.5) is 0 Å².